The van der Waals surface area contributed by atoms with Crippen molar-refractivity contribution in [1.82, 2.24) is 21.0 Å². The lowest BCUT2D eigenvalue weighted by Gasteiger charge is -2.14. The van der Waals surface area contributed by atoms with Crippen LogP contribution in [0.1, 0.15) is 32.6 Å². The number of fused-ring (bicyclic) bond motifs is 1. The minimum Gasteiger partial charge on any atom is -0.493 e. The van der Waals surface area contributed by atoms with Gasteiger partial charge >= 0.3 is 5.97 Å². The zero-order valence-corrected chi connectivity index (χ0v) is 12.4. The molecule has 0 bridgehead atoms. The summed E-state index contributed by atoms with van der Waals surface area (Å²) < 4.78 is 15.6. The standard InChI is InChI=1S/C14H14N4O5/c1-21-9-4-3-7-10(11(9)22-2)14(20)23-13(7)18-17-12(19)8-5-6-15-16-8/h3-6,13,18H,1-2H3,(H,15,16)(H,17,19)/t13-/m0/s1. The van der Waals surface area contributed by atoms with Gasteiger partial charge in [-0.2, -0.15) is 10.5 Å². The number of nitrogens with one attached hydrogen (secondary N) is 3. The van der Waals surface area contributed by atoms with Gasteiger partial charge in [0.05, 0.1) is 14.2 Å². The molecule has 1 aliphatic heterocycles. The number of hydrazine groups is 1. The number of benzene rings is 1. The fourth-order valence-corrected chi connectivity index (χ4v) is 2.29. The average molecular weight is 318 g/mol. The van der Waals surface area contributed by atoms with Gasteiger partial charge in [-0.05, 0) is 18.2 Å². The van der Waals surface area contributed by atoms with Crippen molar-refractivity contribution in [2.24, 2.45) is 0 Å². The van der Waals surface area contributed by atoms with E-state index in [9.17, 15) is 9.59 Å². The first-order chi connectivity index (χ1) is 11.2. The number of esters is 1. The van der Waals surface area contributed by atoms with E-state index in [4.69, 9.17) is 14.2 Å². The van der Waals surface area contributed by atoms with Gasteiger partial charge in [-0.25, -0.2) is 4.79 Å². The molecule has 1 atom stereocenters. The van der Waals surface area contributed by atoms with Crippen molar-refractivity contribution < 1.29 is 23.8 Å². The van der Waals surface area contributed by atoms with Crippen LogP contribution >= 0.6 is 0 Å². The van der Waals surface area contributed by atoms with Crippen molar-refractivity contribution in [3.63, 3.8) is 0 Å². The van der Waals surface area contributed by atoms with Gasteiger partial charge < -0.3 is 14.2 Å². The van der Waals surface area contributed by atoms with Gasteiger partial charge in [0.15, 0.2) is 17.7 Å². The molecule has 23 heavy (non-hydrogen) atoms. The van der Waals surface area contributed by atoms with E-state index in [1.54, 1.807) is 12.1 Å². The van der Waals surface area contributed by atoms with E-state index in [1.807, 2.05) is 0 Å². The Bertz CT molecular complexity index is 744. The lowest BCUT2D eigenvalue weighted by Crippen LogP contribution is -2.40. The largest absolute Gasteiger partial charge is 0.493 e. The fourth-order valence-electron chi connectivity index (χ4n) is 2.29. The highest BCUT2D eigenvalue weighted by Crippen LogP contribution is 2.40. The van der Waals surface area contributed by atoms with Crippen LogP contribution in [0, 0.1) is 0 Å². The number of carbonyl (C=O) groups is 2. The van der Waals surface area contributed by atoms with Crippen LogP contribution in [0.25, 0.3) is 0 Å². The topological polar surface area (TPSA) is 115 Å². The molecule has 1 aliphatic rings. The quantitative estimate of drug-likeness (QED) is 0.544. The minimum atomic E-state index is -0.829. The van der Waals surface area contributed by atoms with Crippen molar-refractivity contribution >= 4 is 11.9 Å². The number of carbonyl (C=O) groups excluding carboxylic acids is 2. The summed E-state index contributed by atoms with van der Waals surface area (Å²) in [5, 5.41) is 6.21. The molecule has 9 heteroatoms. The van der Waals surface area contributed by atoms with Crippen molar-refractivity contribution in [3.8, 4) is 11.5 Å². The van der Waals surface area contributed by atoms with Crippen molar-refractivity contribution in [2.75, 3.05) is 14.2 Å². The third-order valence-electron chi connectivity index (χ3n) is 3.35. The van der Waals surface area contributed by atoms with Crippen molar-refractivity contribution in [3.05, 3.63) is 41.2 Å². The summed E-state index contributed by atoms with van der Waals surface area (Å²) >= 11 is 0. The Labute approximate surface area is 130 Å². The normalized spacial score (nSPS) is 15.7. The van der Waals surface area contributed by atoms with Crippen LogP contribution in [0.5, 0.6) is 11.5 Å². The molecule has 2 heterocycles. The molecule has 0 saturated heterocycles. The van der Waals surface area contributed by atoms with E-state index >= 15 is 0 Å². The first-order valence-corrected chi connectivity index (χ1v) is 6.66. The van der Waals surface area contributed by atoms with Crippen LogP contribution in [0.4, 0.5) is 0 Å². The Morgan fingerprint density at radius 2 is 2.13 bits per heavy atom. The zero-order chi connectivity index (χ0) is 16.4. The minimum absolute atomic E-state index is 0.264. The van der Waals surface area contributed by atoms with Crippen LogP contribution in [-0.2, 0) is 4.74 Å². The molecular formula is C14H14N4O5. The van der Waals surface area contributed by atoms with Crippen LogP contribution in [0.2, 0.25) is 0 Å². The number of hydrogen-bond donors (Lipinski definition) is 3. The van der Waals surface area contributed by atoms with Crippen LogP contribution < -0.4 is 20.3 Å². The Kier molecular flexibility index (Phi) is 3.85. The van der Waals surface area contributed by atoms with Crippen molar-refractivity contribution in [2.45, 2.75) is 6.23 Å². The molecule has 0 aliphatic carbocycles. The van der Waals surface area contributed by atoms with Gasteiger partial charge in [0.1, 0.15) is 11.3 Å². The Morgan fingerprint density at radius 1 is 1.30 bits per heavy atom. The van der Waals surface area contributed by atoms with E-state index in [0.717, 1.165) is 0 Å². The van der Waals surface area contributed by atoms with Crippen molar-refractivity contribution in [1.29, 1.82) is 0 Å². The molecule has 0 spiro atoms. The molecule has 0 radical (unpaired) electrons. The van der Waals surface area contributed by atoms with Gasteiger partial charge in [-0.3, -0.25) is 15.3 Å². The number of aromatic amines is 1. The van der Waals surface area contributed by atoms with Gasteiger partial charge in [-0.1, -0.05) is 0 Å². The van der Waals surface area contributed by atoms with E-state index in [2.05, 4.69) is 21.0 Å². The third-order valence-corrected chi connectivity index (χ3v) is 3.35. The molecule has 0 unspecified atom stereocenters. The smallest absolute Gasteiger partial charge is 0.344 e. The number of amides is 1. The average Bonchev–Trinajstić information content (AvgIpc) is 3.20. The molecule has 3 rings (SSSR count). The van der Waals surface area contributed by atoms with Crippen LogP contribution in [-0.4, -0.2) is 36.3 Å². The summed E-state index contributed by atoms with van der Waals surface area (Å²) in [6, 6.07) is 4.84. The molecule has 0 saturated carbocycles. The molecule has 1 aromatic heterocycles. The molecule has 2 aromatic rings. The summed E-state index contributed by atoms with van der Waals surface area (Å²) in [6.07, 6.45) is 0.626. The third kappa shape index (κ3) is 2.57. The molecule has 1 aromatic carbocycles. The number of rotatable bonds is 5. The zero-order valence-electron chi connectivity index (χ0n) is 12.4. The SMILES string of the molecule is COc1ccc2c(c1OC)C(=O)O[C@@H]2NNC(=O)c1ccn[nH]1. The molecular weight excluding hydrogens is 304 g/mol. The summed E-state index contributed by atoms with van der Waals surface area (Å²) in [7, 11) is 2.91. The molecule has 120 valence electrons. The highest BCUT2D eigenvalue weighted by molar-refractivity contribution is 5.98. The fraction of sp³-hybridized carbons (Fsp3) is 0.214. The highest BCUT2D eigenvalue weighted by atomic mass is 16.6. The lowest BCUT2D eigenvalue weighted by molar-refractivity contribution is 0.0259. The maximum absolute atomic E-state index is 12.1. The second-order valence-electron chi connectivity index (χ2n) is 4.62. The van der Waals surface area contributed by atoms with E-state index in [1.165, 1.54) is 26.5 Å². The molecule has 1 amide bonds. The second-order valence-corrected chi connectivity index (χ2v) is 4.62. The number of cyclic esters (lactones) is 1. The number of ether oxygens (including phenoxy) is 3. The number of methoxy groups -OCH3 is 2. The Balaban J connectivity index is 1.80. The van der Waals surface area contributed by atoms with Crippen LogP contribution in [0.15, 0.2) is 24.4 Å². The molecule has 0 fully saturated rings. The van der Waals surface area contributed by atoms with Gasteiger partial charge in [0, 0.05) is 11.8 Å². The summed E-state index contributed by atoms with van der Waals surface area (Å²) in [5.74, 6) is -0.291. The van der Waals surface area contributed by atoms with E-state index in [0.29, 0.717) is 17.1 Å². The Morgan fingerprint density at radius 3 is 2.78 bits per heavy atom. The van der Waals surface area contributed by atoms with E-state index < -0.39 is 18.1 Å². The maximum Gasteiger partial charge on any atom is 0.344 e. The molecule has 9 nitrogen and oxygen atoms in total. The second kappa shape index (κ2) is 5.97. The van der Waals surface area contributed by atoms with Crippen LogP contribution in [0.3, 0.4) is 0 Å². The number of aromatic nitrogens is 2. The van der Waals surface area contributed by atoms with Gasteiger partial charge in [0.2, 0.25) is 0 Å². The predicted molar refractivity (Wildman–Crippen MR) is 76.9 cm³/mol. The Hall–Kier alpha value is -3.07. The van der Waals surface area contributed by atoms with Gasteiger partial charge in [-0.15, -0.1) is 0 Å². The summed E-state index contributed by atoms with van der Waals surface area (Å²) in [6.45, 7) is 0. The number of nitrogens with zero attached hydrogens (tertiary/aromatic N) is 1. The van der Waals surface area contributed by atoms with E-state index in [-0.39, 0.29) is 11.3 Å². The predicted octanol–water partition coefficient (Wildman–Crippen LogP) is 0.530. The molecule has 3 N–H and O–H groups in total. The first kappa shape index (κ1) is 14.9. The maximum atomic E-state index is 12.1. The number of hydrogen-bond acceptors (Lipinski definition) is 7. The summed E-state index contributed by atoms with van der Waals surface area (Å²) in [4.78, 5) is 23.9. The highest BCUT2D eigenvalue weighted by Gasteiger charge is 2.36. The van der Waals surface area contributed by atoms with Gasteiger partial charge in [0.25, 0.3) is 5.91 Å². The first-order valence-electron chi connectivity index (χ1n) is 6.66. The monoisotopic (exact) mass is 318 g/mol. The summed E-state index contributed by atoms with van der Waals surface area (Å²) in [5.41, 5.74) is 6.18. The lowest BCUT2D eigenvalue weighted by atomic mass is 10.1. The number of H-pyrrole nitrogens is 1.